The summed E-state index contributed by atoms with van der Waals surface area (Å²) >= 11 is 0. The van der Waals surface area contributed by atoms with Gasteiger partial charge in [0.1, 0.15) is 36.9 Å². The highest BCUT2D eigenvalue weighted by molar-refractivity contribution is 7.80. The van der Waals surface area contributed by atoms with Gasteiger partial charge in [-0.25, -0.2) is 9.79 Å². The van der Waals surface area contributed by atoms with Crippen LogP contribution in [-0.4, -0.2) is 167 Å². The average Bonchev–Trinajstić information content (AvgIpc) is 3.46. The minimum absolute atomic E-state index is 0.152. The summed E-state index contributed by atoms with van der Waals surface area (Å²) in [6.07, 6.45) is -5.13. The summed E-state index contributed by atoms with van der Waals surface area (Å²) in [7, 11) is -9.33. The monoisotopic (exact) mass is 826 g/mol. The zero-order valence-electron chi connectivity index (χ0n) is 28.6. The molecule has 2 fully saturated rings. The van der Waals surface area contributed by atoms with Gasteiger partial charge in [0.15, 0.2) is 6.10 Å². The number of amides is 4. The lowest BCUT2D eigenvalue weighted by atomic mass is 9.95. The molecule has 3 aliphatic heterocycles. The number of primary amides is 1. The molecule has 0 bridgehead atoms. The van der Waals surface area contributed by atoms with Crippen LogP contribution in [0.3, 0.4) is 0 Å². The molecule has 314 valence electrons. The van der Waals surface area contributed by atoms with Crippen LogP contribution in [0.4, 0.5) is 4.79 Å². The quantitative estimate of drug-likeness (QED) is 0.0507. The van der Waals surface area contributed by atoms with E-state index in [4.69, 9.17) is 67.5 Å². The number of nitrogens with zero attached hydrogens (tertiary/aromatic N) is 1. The lowest BCUT2D eigenvalue weighted by molar-refractivity contribution is -0.204. The second-order valence-corrected chi connectivity index (χ2v) is 13.8. The number of hydrogen-bond donors (Lipinski definition) is 16. The second-order valence-electron chi connectivity index (χ2n) is 12.1. The van der Waals surface area contributed by atoms with Crippen LogP contribution >= 0.6 is 0 Å². The van der Waals surface area contributed by atoms with E-state index in [9.17, 15) is 34.5 Å². The first-order valence-electron chi connectivity index (χ1n) is 16.0. The van der Waals surface area contributed by atoms with Crippen molar-refractivity contribution in [3.63, 3.8) is 0 Å². The highest BCUT2D eigenvalue weighted by Gasteiger charge is 2.50. The summed E-state index contributed by atoms with van der Waals surface area (Å²) in [5.41, 5.74) is 22.6. The van der Waals surface area contributed by atoms with Crippen LogP contribution in [0.2, 0.25) is 0 Å². The van der Waals surface area contributed by atoms with Crippen molar-refractivity contribution in [1.29, 1.82) is 0 Å². The van der Waals surface area contributed by atoms with Crippen LogP contribution in [0.25, 0.3) is 0 Å². The van der Waals surface area contributed by atoms with Crippen LogP contribution in [-0.2, 0) is 44.7 Å². The van der Waals surface area contributed by atoms with Crippen molar-refractivity contribution < 1.29 is 79.0 Å². The molecule has 29 heteroatoms. The molecule has 54 heavy (non-hydrogen) atoms. The number of hydrogen-bond acceptors (Lipinski definition) is 19. The maximum absolute atomic E-state index is 13.0. The molecular weight excluding hydrogens is 776 g/mol. The number of nitrogens with two attached hydrogens (primary N) is 4. The Morgan fingerprint density at radius 3 is 2.04 bits per heavy atom. The average molecular weight is 827 g/mol. The minimum Gasteiger partial charge on any atom is -0.441 e. The van der Waals surface area contributed by atoms with Gasteiger partial charge in [0.2, 0.25) is 11.8 Å². The second kappa shape index (κ2) is 23.1. The maximum atomic E-state index is 13.0. The third-order valence-electron chi connectivity index (χ3n) is 7.61. The van der Waals surface area contributed by atoms with Crippen LogP contribution in [0.15, 0.2) is 4.99 Å². The van der Waals surface area contributed by atoms with E-state index >= 15 is 0 Å². The molecule has 3 aliphatic rings. The van der Waals surface area contributed by atoms with Gasteiger partial charge in [0.25, 0.3) is 5.91 Å². The summed E-state index contributed by atoms with van der Waals surface area (Å²) in [6.45, 7) is 0.185. The number of ether oxygens (including phenoxy) is 2. The van der Waals surface area contributed by atoms with Gasteiger partial charge in [-0.2, -0.15) is 16.8 Å². The number of aliphatic hydroxyl groups is 3. The summed E-state index contributed by atoms with van der Waals surface area (Å²) < 4.78 is 74.0. The molecule has 0 aromatic rings. The van der Waals surface area contributed by atoms with E-state index in [2.05, 4.69) is 31.6 Å². The van der Waals surface area contributed by atoms with Gasteiger partial charge < -0.3 is 58.4 Å². The molecular formula is C25H50N10O17S2. The number of nitrogens with one attached hydrogen (secondary N) is 5. The zero-order valence-corrected chi connectivity index (χ0v) is 30.2. The van der Waals surface area contributed by atoms with Crippen LogP contribution in [0.5, 0.6) is 0 Å². The van der Waals surface area contributed by atoms with Crippen LogP contribution < -0.4 is 49.5 Å². The highest BCUT2D eigenvalue weighted by atomic mass is 32.3. The van der Waals surface area contributed by atoms with Crippen molar-refractivity contribution in [2.75, 3.05) is 19.7 Å². The number of aliphatic hydroxyl groups excluding tert-OH is 3. The summed E-state index contributed by atoms with van der Waals surface area (Å²) in [5.74, 6) is -1.25. The van der Waals surface area contributed by atoms with E-state index in [1.54, 1.807) is 0 Å². The Bertz CT molecular complexity index is 1430. The fourth-order valence-corrected chi connectivity index (χ4v) is 5.38. The van der Waals surface area contributed by atoms with Crippen molar-refractivity contribution in [2.45, 2.75) is 106 Å². The lowest BCUT2D eigenvalue weighted by Crippen LogP contribution is -2.71. The van der Waals surface area contributed by atoms with Crippen molar-refractivity contribution in [3.05, 3.63) is 0 Å². The third-order valence-corrected chi connectivity index (χ3v) is 7.61. The molecule has 27 nitrogen and oxygen atoms in total. The van der Waals surface area contributed by atoms with E-state index in [0.717, 1.165) is 12.6 Å². The van der Waals surface area contributed by atoms with E-state index in [-0.39, 0.29) is 24.8 Å². The maximum Gasteiger partial charge on any atom is 0.404 e. The molecule has 4 amide bonds. The van der Waals surface area contributed by atoms with Gasteiger partial charge in [-0.15, -0.1) is 0 Å². The number of carbonyl (C=O) groups is 4. The predicted octanol–water partition coefficient (Wildman–Crippen LogP) is -7.45. The Kier molecular flexibility index (Phi) is 20.9. The first-order chi connectivity index (χ1) is 24.9. The van der Waals surface area contributed by atoms with Gasteiger partial charge in [-0.3, -0.25) is 48.5 Å². The van der Waals surface area contributed by atoms with Gasteiger partial charge in [-0.05, 0) is 32.2 Å². The first kappa shape index (κ1) is 48.9. The molecule has 2 saturated heterocycles. The molecule has 0 aliphatic carbocycles. The van der Waals surface area contributed by atoms with Crippen LogP contribution in [0.1, 0.15) is 38.5 Å². The molecule has 3 rings (SSSR count). The predicted molar refractivity (Wildman–Crippen MR) is 182 cm³/mol. The largest absolute Gasteiger partial charge is 0.441 e. The Morgan fingerprint density at radius 2 is 1.52 bits per heavy atom. The molecule has 0 radical (unpaired) electrons. The lowest BCUT2D eigenvalue weighted by Gasteiger charge is -2.44. The Morgan fingerprint density at radius 1 is 0.963 bits per heavy atom. The van der Waals surface area contributed by atoms with E-state index in [0.29, 0.717) is 32.4 Å². The van der Waals surface area contributed by atoms with E-state index < -0.39 is 106 Å². The summed E-state index contributed by atoms with van der Waals surface area (Å²) in [5, 5.41) is 45.4. The topological polar surface area (TPSA) is 473 Å². The highest BCUT2D eigenvalue weighted by Crippen LogP contribution is 2.24. The van der Waals surface area contributed by atoms with E-state index in [1.165, 1.54) is 0 Å². The zero-order chi connectivity index (χ0) is 41.4. The standard InChI is InChI=1S/C25H46N10O9.2H2O4S/c26-5-1-3-11(27)7-15(38)30-6-2-4-12(28)8-16(39)32-19-20(40)21(44-24(29)42)14(10-36)43-23(19)35-25-33-17-13(37)9-31-22(41)18(17)34-25;2*1-5(2,3)4/h9,11-14,17-21,23,25,33-37,40H,1-8,10,26-28H2,(H2,29,42)(H,30,38)(H,32,39);2*(H2,1,2,3,4)/t11?,12?,13-,14-,17+,18-,19-,20+,21+,23-,25-;;/m1../s1. The molecule has 20 N–H and O–H groups in total. The van der Waals surface area contributed by atoms with Gasteiger partial charge >= 0.3 is 26.9 Å². The van der Waals surface area contributed by atoms with Crippen LogP contribution in [0, 0.1) is 0 Å². The number of carbonyl (C=O) groups excluding carboxylic acids is 4. The molecule has 0 spiro atoms. The van der Waals surface area contributed by atoms with E-state index in [1.807, 2.05) is 0 Å². The molecule has 3 heterocycles. The molecule has 0 aromatic heterocycles. The minimum atomic E-state index is -4.67. The summed E-state index contributed by atoms with van der Waals surface area (Å²) in [6, 6.07) is -3.68. The molecule has 2 unspecified atom stereocenters. The Balaban J connectivity index is 0.00000129. The Hall–Kier alpha value is -3.11. The fourth-order valence-electron chi connectivity index (χ4n) is 5.38. The third kappa shape index (κ3) is 20.0. The first-order valence-corrected chi connectivity index (χ1v) is 18.8. The fraction of sp³-hybridized carbons (Fsp3) is 0.800. The molecule has 0 aromatic carbocycles. The number of fused-ring (bicyclic) bond motifs is 1. The van der Waals surface area contributed by atoms with Gasteiger partial charge in [0.05, 0.1) is 18.7 Å². The summed E-state index contributed by atoms with van der Waals surface area (Å²) in [4.78, 5) is 52.3. The number of aliphatic imine (C=N–C) groups is 1. The van der Waals surface area contributed by atoms with Gasteiger partial charge in [0, 0.05) is 37.7 Å². The SMILES string of the molecule is NCCCC(N)CC(=O)NCCCC(N)CC(=O)N[C@@H]1[C@H](O)[C@@H](OC(N)=O)[C@@H](CO)O[C@H]1N[C@@H]1N[C@H]2[C@H](O)C=NC(=O)[C@@H]2N1.O=S(=O)(O)O.O=S(=O)(O)O. The smallest absolute Gasteiger partial charge is 0.404 e. The van der Waals surface area contributed by atoms with Crippen molar-refractivity contribution in [2.24, 2.45) is 27.9 Å². The molecule has 0 saturated carbocycles. The Labute approximate surface area is 309 Å². The number of rotatable bonds is 16. The normalized spacial score (nSPS) is 28.9. The van der Waals surface area contributed by atoms with Crippen molar-refractivity contribution in [3.8, 4) is 0 Å². The van der Waals surface area contributed by atoms with Gasteiger partial charge in [-0.1, -0.05) is 0 Å². The molecule has 11 atom stereocenters. The van der Waals surface area contributed by atoms with Crippen molar-refractivity contribution in [1.82, 2.24) is 26.6 Å². The van der Waals surface area contributed by atoms with Crippen molar-refractivity contribution >= 4 is 50.8 Å².